The SMILES string of the molecule is C=NCCCCCCN=C. The summed E-state index contributed by atoms with van der Waals surface area (Å²) in [5.41, 5.74) is 0. The zero-order valence-corrected chi connectivity index (χ0v) is 6.55. The van der Waals surface area contributed by atoms with Gasteiger partial charge in [0.15, 0.2) is 0 Å². The average Bonchev–Trinajstić information content (AvgIpc) is 1.97. The van der Waals surface area contributed by atoms with Gasteiger partial charge in [-0.25, -0.2) is 0 Å². The molecule has 0 amide bonds. The van der Waals surface area contributed by atoms with Gasteiger partial charge in [0.1, 0.15) is 0 Å². The maximum Gasteiger partial charge on any atom is 0.0382 e. The fourth-order valence-corrected chi connectivity index (χ4v) is 0.801. The number of rotatable bonds is 7. The van der Waals surface area contributed by atoms with Crippen LogP contribution in [-0.4, -0.2) is 26.5 Å². The Hall–Kier alpha value is -0.660. The van der Waals surface area contributed by atoms with Crippen molar-refractivity contribution in [3.63, 3.8) is 0 Å². The van der Waals surface area contributed by atoms with Gasteiger partial charge in [0.05, 0.1) is 0 Å². The molecular formula is C8H16N2. The van der Waals surface area contributed by atoms with Crippen LogP contribution in [0.2, 0.25) is 0 Å². The van der Waals surface area contributed by atoms with Crippen LogP contribution in [-0.2, 0) is 0 Å². The van der Waals surface area contributed by atoms with Crippen LogP contribution in [0.3, 0.4) is 0 Å². The van der Waals surface area contributed by atoms with Gasteiger partial charge in [-0.05, 0) is 26.3 Å². The van der Waals surface area contributed by atoms with Gasteiger partial charge in [0, 0.05) is 13.1 Å². The Bertz CT molecular complexity index is 77.3. The van der Waals surface area contributed by atoms with Crippen molar-refractivity contribution in [1.29, 1.82) is 0 Å². The minimum absolute atomic E-state index is 0.904. The molecule has 0 unspecified atom stereocenters. The van der Waals surface area contributed by atoms with E-state index < -0.39 is 0 Å². The summed E-state index contributed by atoms with van der Waals surface area (Å²) in [5, 5.41) is 0. The maximum atomic E-state index is 3.77. The van der Waals surface area contributed by atoms with Crippen molar-refractivity contribution in [2.45, 2.75) is 25.7 Å². The number of aliphatic imine (C=N–C) groups is 2. The Morgan fingerprint density at radius 2 is 1.10 bits per heavy atom. The molecule has 0 saturated heterocycles. The molecule has 0 aliphatic rings. The Kier molecular flexibility index (Phi) is 7.79. The number of nitrogens with zero attached hydrogens (tertiary/aromatic N) is 2. The van der Waals surface area contributed by atoms with Crippen molar-refractivity contribution >= 4 is 13.4 Å². The predicted octanol–water partition coefficient (Wildman–Crippen LogP) is 1.95. The summed E-state index contributed by atoms with van der Waals surface area (Å²) < 4.78 is 0. The Balaban J connectivity index is 2.76. The summed E-state index contributed by atoms with van der Waals surface area (Å²) >= 11 is 0. The summed E-state index contributed by atoms with van der Waals surface area (Å²) in [6, 6.07) is 0. The summed E-state index contributed by atoms with van der Waals surface area (Å²) in [6.45, 7) is 8.64. The number of hydrogen-bond acceptors (Lipinski definition) is 2. The van der Waals surface area contributed by atoms with Gasteiger partial charge in [-0.3, -0.25) is 0 Å². The average molecular weight is 140 g/mol. The molecule has 10 heavy (non-hydrogen) atoms. The van der Waals surface area contributed by atoms with Crippen LogP contribution < -0.4 is 0 Å². The third kappa shape index (κ3) is 7.34. The molecule has 2 nitrogen and oxygen atoms in total. The topological polar surface area (TPSA) is 24.7 Å². The molecule has 0 rings (SSSR count). The molecule has 0 aromatic rings. The summed E-state index contributed by atoms with van der Waals surface area (Å²) in [5.74, 6) is 0. The van der Waals surface area contributed by atoms with E-state index in [0.29, 0.717) is 0 Å². The van der Waals surface area contributed by atoms with Crippen LogP contribution in [0.1, 0.15) is 25.7 Å². The molecule has 2 heteroatoms. The Morgan fingerprint density at radius 3 is 1.40 bits per heavy atom. The maximum absolute atomic E-state index is 3.77. The van der Waals surface area contributed by atoms with E-state index in [1.807, 2.05) is 0 Å². The second-order valence-corrected chi connectivity index (χ2v) is 2.31. The van der Waals surface area contributed by atoms with Crippen molar-refractivity contribution in [3.05, 3.63) is 0 Å². The molecule has 0 radical (unpaired) electrons. The lowest BCUT2D eigenvalue weighted by Crippen LogP contribution is -1.83. The molecule has 0 bridgehead atoms. The highest BCUT2D eigenvalue weighted by Gasteiger charge is 1.86. The zero-order chi connectivity index (χ0) is 7.66. The molecule has 0 N–H and O–H groups in total. The molecule has 0 spiro atoms. The molecule has 0 fully saturated rings. The molecule has 0 aromatic carbocycles. The van der Waals surface area contributed by atoms with Crippen LogP contribution in [0.5, 0.6) is 0 Å². The van der Waals surface area contributed by atoms with Crippen molar-refractivity contribution in [2.75, 3.05) is 13.1 Å². The predicted molar refractivity (Wildman–Crippen MR) is 47.3 cm³/mol. The molecule has 58 valence electrons. The first-order valence-electron chi connectivity index (χ1n) is 3.76. The van der Waals surface area contributed by atoms with E-state index in [9.17, 15) is 0 Å². The van der Waals surface area contributed by atoms with E-state index in [-0.39, 0.29) is 0 Å². The monoisotopic (exact) mass is 140 g/mol. The minimum Gasteiger partial charge on any atom is -0.301 e. The summed E-state index contributed by atoms with van der Waals surface area (Å²) in [6.07, 6.45) is 4.82. The van der Waals surface area contributed by atoms with Gasteiger partial charge in [0.2, 0.25) is 0 Å². The number of hydrogen-bond donors (Lipinski definition) is 0. The fourth-order valence-electron chi connectivity index (χ4n) is 0.801. The zero-order valence-electron chi connectivity index (χ0n) is 6.55. The fraction of sp³-hybridized carbons (Fsp3) is 0.750. The first kappa shape index (κ1) is 9.34. The first-order chi connectivity index (χ1) is 4.91. The van der Waals surface area contributed by atoms with E-state index in [1.165, 1.54) is 25.7 Å². The molecular weight excluding hydrogens is 124 g/mol. The van der Waals surface area contributed by atoms with E-state index in [1.54, 1.807) is 0 Å². The molecule has 0 atom stereocenters. The van der Waals surface area contributed by atoms with Gasteiger partial charge in [0.25, 0.3) is 0 Å². The van der Waals surface area contributed by atoms with Gasteiger partial charge >= 0.3 is 0 Å². The molecule has 0 aromatic heterocycles. The third-order valence-electron chi connectivity index (χ3n) is 1.38. The van der Waals surface area contributed by atoms with Gasteiger partial charge in [-0.1, -0.05) is 12.8 Å². The standard InChI is InChI=1S/C8H16N2/c1-9-7-5-3-4-6-8-10-2/h1-8H2. The van der Waals surface area contributed by atoms with E-state index in [4.69, 9.17) is 0 Å². The van der Waals surface area contributed by atoms with Crippen LogP contribution in [0, 0.1) is 0 Å². The largest absolute Gasteiger partial charge is 0.301 e. The lowest BCUT2D eigenvalue weighted by atomic mass is 10.2. The van der Waals surface area contributed by atoms with Gasteiger partial charge in [-0.2, -0.15) is 0 Å². The first-order valence-corrected chi connectivity index (χ1v) is 3.76. The summed E-state index contributed by atoms with van der Waals surface area (Å²) in [4.78, 5) is 7.54. The molecule has 0 aliphatic heterocycles. The van der Waals surface area contributed by atoms with Gasteiger partial charge < -0.3 is 9.98 Å². The van der Waals surface area contributed by atoms with Gasteiger partial charge in [-0.15, -0.1) is 0 Å². The highest BCUT2D eigenvalue weighted by atomic mass is 14.7. The van der Waals surface area contributed by atoms with Crippen LogP contribution in [0.15, 0.2) is 9.98 Å². The highest BCUT2D eigenvalue weighted by Crippen LogP contribution is 1.99. The van der Waals surface area contributed by atoms with E-state index in [2.05, 4.69) is 23.4 Å². The second-order valence-electron chi connectivity index (χ2n) is 2.31. The van der Waals surface area contributed by atoms with E-state index >= 15 is 0 Å². The minimum atomic E-state index is 0.904. The quantitative estimate of drug-likeness (QED) is 0.381. The van der Waals surface area contributed by atoms with Crippen molar-refractivity contribution < 1.29 is 0 Å². The van der Waals surface area contributed by atoms with Crippen LogP contribution in [0.4, 0.5) is 0 Å². The Morgan fingerprint density at radius 1 is 0.700 bits per heavy atom. The Labute approximate surface area is 63.1 Å². The molecule has 0 aliphatic carbocycles. The summed E-state index contributed by atoms with van der Waals surface area (Å²) in [7, 11) is 0. The van der Waals surface area contributed by atoms with Crippen molar-refractivity contribution in [3.8, 4) is 0 Å². The second kappa shape index (κ2) is 8.34. The van der Waals surface area contributed by atoms with Crippen molar-refractivity contribution in [1.82, 2.24) is 0 Å². The molecule has 0 heterocycles. The van der Waals surface area contributed by atoms with Crippen LogP contribution >= 0.6 is 0 Å². The smallest absolute Gasteiger partial charge is 0.0382 e. The molecule has 0 saturated carbocycles. The number of unbranched alkanes of at least 4 members (excludes halogenated alkanes) is 3. The normalized spacial score (nSPS) is 9.20. The van der Waals surface area contributed by atoms with E-state index in [0.717, 1.165) is 13.1 Å². The highest BCUT2D eigenvalue weighted by molar-refractivity contribution is 5.23. The van der Waals surface area contributed by atoms with Crippen molar-refractivity contribution in [2.24, 2.45) is 9.98 Å². The lowest BCUT2D eigenvalue weighted by Gasteiger charge is -1.94. The van der Waals surface area contributed by atoms with Crippen LogP contribution in [0.25, 0.3) is 0 Å². The third-order valence-corrected chi connectivity index (χ3v) is 1.38. The lowest BCUT2D eigenvalue weighted by molar-refractivity contribution is 0.656.